The van der Waals surface area contributed by atoms with Gasteiger partial charge in [0.1, 0.15) is 6.54 Å². The molecule has 10 heteroatoms. The van der Waals surface area contributed by atoms with Crippen molar-refractivity contribution in [2.24, 2.45) is 0 Å². The predicted molar refractivity (Wildman–Crippen MR) is 112 cm³/mol. The second-order valence-corrected chi connectivity index (χ2v) is 7.67. The zero-order chi connectivity index (χ0) is 21.7. The van der Waals surface area contributed by atoms with Crippen LogP contribution in [0.15, 0.2) is 24.3 Å². The smallest absolute Gasteiger partial charge is 0.312 e. The van der Waals surface area contributed by atoms with Gasteiger partial charge in [-0.25, -0.2) is 0 Å². The first-order valence-corrected chi connectivity index (χ1v) is 10.4. The van der Waals surface area contributed by atoms with Gasteiger partial charge < -0.3 is 24.9 Å². The van der Waals surface area contributed by atoms with E-state index in [1.54, 1.807) is 11.8 Å². The van der Waals surface area contributed by atoms with Crippen molar-refractivity contribution in [1.82, 2.24) is 20.0 Å². The first-order valence-electron chi connectivity index (χ1n) is 10.0. The Hall–Kier alpha value is -2.81. The third-order valence-electron chi connectivity index (χ3n) is 5.36. The van der Waals surface area contributed by atoms with E-state index in [1.165, 1.54) is 9.80 Å². The highest BCUT2D eigenvalue weighted by atomic mass is 35.5. The number of benzene rings is 1. The van der Waals surface area contributed by atoms with Gasteiger partial charge in [0.05, 0.1) is 6.54 Å². The van der Waals surface area contributed by atoms with Crippen molar-refractivity contribution in [3.05, 3.63) is 29.3 Å². The molecule has 4 amide bonds. The number of piperazine rings is 2. The van der Waals surface area contributed by atoms with Crippen molar-refractivity contribution in [1.29, 1.82) is 0 Å². The molecule has 30 heavy (non-hydrogen) atoms. The Morgan fingerprint density at radius 3 is 2.33 bits per heavy atom. The summed E-state index contributed by atoms with van der Waals surface area (Å²) in [6.45, 7) is 5.08. The molecule has 0 unspecified atom stereocenters. The van der Waals surface area contributed by atoms with E-state index in [4.69, 9.17) is 11.6 Å². The maximum Gasteiger partial charge on any atom is 0.312 e. The molecular weight excluding hydrogens is 410 g/mol. The lowest BCUT2D eigenvalue weighted by molar-refractivity contribution is -0.156. The maximum atomic E-state index is 12.4. The number of rotatable bonds is 6. The molecule has 162 valence electrons. The molecule has 2 aliphatic rings. The maximum absolute atomic E-state index is 12.4. The summed E-state index contributed by atoms with van der Waals surface area (Å²) < 4.78 is 0. The van der Waals surface area contributed by atoms with Crippen molar-refractivity contribution in [3.63, 3.8) is 0 Å². The highest BCUT2D eigenvalue weighted by molar-refractivity contribution is 6.35. The molecular formula is C20H26ClN5O4. The Kier molecular flexibility index (Phi) is 7.15. The van der Waals surface area contributed by atoms with E-state index in [0.29, 0.717) is 50.8 Å². The molecule has 3 rings (SSSR count). The molecule has 0 aliphatic carbocycles. The van der Waals surface area contributed by atoms with E-state index >= 15 is 0 Å². The van der Waals surface area contributed by atoms with Gasteiger partial charge >= 0.3 is 11.8 Å². The summed E-state index contributed by atoms with van der Waals surface area (Å²) in [4.78, 5) is 55.1. The molecule has 0 saturated carbocycles. The van der Waals surface area contributed by atoms with E-state index in [-0.39, 0.29) is 19.0 Å². The molecule has 9 nitrogen and oxygen atoms in total. The molecule has 1 N–H and O–H groups in total. The molecule has 1 aromatic carbocycles. The fourth-order valence-electron chi connectivity index (χ4n) is 3.57. The third-order valence-corrected chi connectivity index (χ3v) is 5.59. The SMILES string of the molecule is CCN1CCN(CC(=O)NCC(=O)N2CCN(c3cccc(Cl)c3)CC2)C(=O)C1=O. The highest BCUT2D eigenvalue weighted by Gasteiger charge is 2.32. The van der Waals surface area contributed by atoms with E-state index in [9.17, 15) is 19.2 Å². The van der Waals surface area contributed by atoms with Gasteiger partial charge in [-0.3, -0.25) is 19.2 Å². The van der Waals surface area contributed by atoms with Gasteiger partial charge in [0, 0.05) is 56.5 Å². The standard InChI is InChI=1S/C20H26ClN5O4/c1-2-23-6-11-26(20(30)19(23)29)14-17(27)22-13-18(28)25-9-7-24(8-10-25)16-5-3-4-15(21)12-16/h3-5,12H,2,6-11,13-14H2,1H3,(H,22,27). The molecule has 2 fully saturated rings. The van der Waals surface area contributed by atoms with Gasteiger partial charge in [0.15, 0.2) is 0 Å². The van der Waals surface area contributed by atoms with E-state index in [2.05, 4.69) is 10.2 Å². The molecule has 0 aromatic heterocycles. The van der Waals surface area contributed by atoms with Crippen LogP contribution < -0.4 is 10.2 Å². The lowest BCUT2D eigenvalue weighted by Gasteiger charge is -2.36. The Morgan fingerprint density at radius 2 is 1.67 bits per heavy atom. The summed E-state index contributed by atoms with van der Waals surface area (Å²) in [7, 11) is 0. The predicted octanol–water partition coefficient (Wildman–Crippen LogP) is -0.204. The topological polar surface area (TPSA) is 93.3 Å². The van der Waals surface area contributed by atoms with Crippen LogP contribution >= 0.6 is 11.6 Å². The van der Waals surface area contributed by atoms with Crippen molar-refractivity contribution in [3.8, 4) is 0 Å². The lowest BCUT2D eigenvalue weighted by atomic mass is 10.2. The van der Waals surface area contributed by atoms with Gasteiger partial charge in [-0.1, -0.05) is 17.7 Å². The van der Waals surface area contributed by atoms with Crippen LogP contribution in [0.4, 0.5) is 5.69 Å². The van der Waals surface area contributed by atoms with Crippen LogP contribution in [0, 0.1) is 0 Å². The second-order valence-electron chi connectivity index (χ2n) is 7.24. The number of likely N-dealkylation sites (N-methyl/N-ethyl adjacent to an activating group) is 1. The molecule has 0 atom stereocenters. The Balaban J connectivity index is 1.41. The highest BCUT2D eigenvalue weighted by Crippen LogP contribution is 2.20. The quantitative estimate of drug-likeness (QED) is 0.624. The summed E-state index contributed by atoms with van der Waals surface area (Å²) in [5.74, 6) is -1.90. The average molecular weight is 436 g/mol. The van der Waals surface area contributed by atoms with Crippen molar-refractivity contribution in [2.45, 2.75) is 6.92 Å². The van der Waals surface area contributed by atoms with Gasteiger partial charge in [0.25, 0.3) is 0 Å². The molecule has 2 heterocycles. The minimum absolute atomic E-state index is 0.132. The van der Waals surface area contributed by atoms with E-state index < -0.39 is 17.7 Å². The Bertz CT molecular complexity index is 825. The average Bonchev–Trinajstić information content (AvgIpc) is 2.75. The van der Waals surface area contributed by atoms with Gasteiger partial charge in [-0.05, 0) is 25.1 Å². The van der Waals surface area contributed by atoms with Crippen molar-refractivity contribution in [2.75, 3.05) is 63.8 Å². The number of hydrogen-bond donors (Lipinski definition) is 1. The second kappa shape index (κ2) is 9.80. The van der Waals surface area contributed by atoms with Crippen LogP contribution in [0.2, 0.25) is 5.02 Å². The number of nitrogens with one attached hydrogen (secondary N) is 1. The summed E-state index contributed by atoms with van der Waals surface area (Å²) >= 11 is 6.04. The number of carbonyl (C=O) groups excluding carboxylic acids is 4. The number of anilines is 1. The van der Waals surface area contributed by atoms with Crippen LogP contribution in [0.5, 0.6) is 0 Å². The third kappa shape index (κ3) is 5.21. The molecule has 0 bridgehead atoms. The van der Waals surface area contributed by atoms with Crippen molar-refractivity contribution < 1.29 is 19.2 Å². The van der Waals surface area contributed by atoms with Gasteiger partial charge in [-0.2, -0.15) is 0 Å². The monoisotopic (exact) mass is 435 g/mol. The van der Waals surface area contributed by atoms with Crippen LogP contribution in [-0.2, 0) is 19.2 Å². The largest absolute Gasteiger partial charge is 0.368 e. The van der Waals surface area contributed by atoms with E-state index in [1.807, 2.05) is 24.3 Å². The number of nitrogens with zero attached hydrogens (tertiary/aromatic N) is 4. The Labute approximate surface area is 180 Å². The molecule has 0 radical (unpaired) electrons. The van der Waals surface area contributed by atoms with Crippen LogP contribution in [0.3, 0.4) is 0 Å². The van der Waals surface area contributed by atoms with Gasteiger partial charge in [-0.15, -0.1) is 0 Å². The minimum Gasteiger partial charge on any atom is -0.368 e. The van der Waals surface area contributed by atoms with Crippen LogP contribution in [0.25, 0.3) is 0 Å². The number of hydrogen-bond acceptors (Lipinski definition) is 5. The summed E-state index contributed by atoms with van der Waals surface area (Å²) in [5.41, 5.74) is 1.02. The lowest BCUT2D eigenvalue weighted by Crippen LogP contribution is -2.56. The normalized spacial score (nSPS) is 17.4. The Morgan fingerprint density at radius 1 is 1.00 bits per heavy atom. The zero-order valence-electron chi connectivity index (χ0n) is 17.0. The molecule has 1 aromatic rings. The number of halogens is 1. The summed E-state index contributed by atoms with van der Waals surface area (Å²) in [5, 5.41) is 3.23. The number of carbonyl (C=O) groups is 4. The zero-order valence-corrected chi connectivity index (χ0v) is 17.7. The first-order chi connectivity index (χ1) is 14.4. The van der Waals surface area contributed by atoms with Crippen LogP contribution in [0.1, 0.15) is 6.92 Å². The fraction of sp³-hybridized carbons (Fsp3) is 0.500. The first kappa shape index (κ1) is 21.9. The van der Waals surface area contributed by atoms with Gasteiger partial charge in [0.2, 0.25) is 11.8 Å². The fourth-order valence-corrected chi connectivity index (χ4v) is 3.75. The van der Waals surface area contributed by atoms with Crippen molar-refractivity contribution >= 4 is 40.9 Å². The number of amides is 4. The molecule has 2 aliphatic heterocycles. The summed E-state index contributed by atoms with van der Waals surface area (Å²) in [6.07, 6.45) is 0. The summed E-state index contributed by atoms with van der Waals surface area (Å²) in [6, 6.07) is 7.59. The van der Waals surface area contributed by atoms with E-state index in [0.717, 1.165) is 5.69 Å². The molecule has 0 spiro atoms. The minimum atomic E-state index is -0.679. The van der Waals surface area contributed by atoms with Crippen LogP contribution in [-0.4, -0.2) is 97.2 Å². The molecule has 2 saturated heterocycles.